The van der Waals surface area contributed by atoms with Gasteiger partial charge in [0, 0.05) is 49.4 Å². The van der Waals surface area contributed by atoms with Crippen LogP contribution in [0.15, 0.2) is 72.1 Å². The summed E-state index contributed by atoms with van der Waals surface area (Å²) in [4.78, 5) is 42.0. The van der Waals surface area contributed by atoms with Crippen molar-refractivity contribution in [2.75, 3.05) is 31.1 Å². The van der Waals surface area contributed by atoms with E-state index in [-0.39, 0.29) is 18.4 Å². The minimum atomic E-state index is -0.248. The molecule has 2 aliphatic rings. The Morgan fingerprint density at radius 2 is 1.59 bits per heavy atom. The van der Waals surface area contributed by atoms with Gasteiger partial charge in [0.15, 0.2) is 0 Å². The Hall–Kier alpha value is -3.88. The second-order valence-corrected chi connectivity index (χ2v) is 10.4. The number of nitrogens with zero attached hydrogens (tertiary/aromatic N) is 5. The summed E-state index contributed by atoms with van der Waals surface area (Å²) in [6.07, 6.45) is 0. The molecule has 0 N–H and O–H groups in total. The van der Waals surface area contributed by atoms with Gasteiger partial charge in [-0.3, -0.25) is 24.4 Å². The van der Waals surface area contributed by atoms with E-state index in [4.69, 9.17) is 0 Å². The fraction of sp³-hybridized carbons (Fsp3) is 0.241. The zero-order chi connectivity index (χ0) is 25.4. The van der Waals surface area contributed by atoms with E-state index in [0.29, 0.717) is 11.1 Å². The van der Waals surface area contributed by atoms with Crippen molar-refractivity contribution in [3.63, 3.8) is 0 Å². The first-order chi connectivity index (χ1) is 18.1. The molecule has 4 aromatic rings. The number of carbonyl (C=O) groups excluding carboxylic acids is 2. The number of pyridine rings is 1. The largest absolute Gasteiger partial charge is 0.368 e. The smallest absolute Gasteiger partial charge is 0.264 e. The van der Waals surface area contributed by atoms with Crippen LogP contribution in [0.2, 0.25) is 0 Å². The van der Waals surface area contributed by atoms with Crippen molar-refractivity contribution in [3.8, 4) is 11.3 Å². The Bertz CT molecular complexity index is 1460. The van der Waals surface area contributed by atoms with E-state index in [9.17, 15) is 9.59 Å². The summed E-state index contributed by atoms with van der Waals surface area (Å²) in [7, 11) is 0. The van der Waals surface area contributed by atoms with E-state index in [0.717, 1.165) is 66.1 Å². The molecule has 0 atom stereocenters. The maximum absolute atomic E-state index is 13.5. The normalized spacial score (nSPS) is 15.9. The number of carbonyl (C=O) groups is 2. The number of imide groups is 1. The number of thiazole rings is 1. The van der Waals surface area contributed by atoms with E-state index in [2.05, 4.69) is 25.8 Å². The van der Waals surface area contributed by atoms with Crippen LogP contribution >= 0.6 is 11.3 Å². The monoisotopic (exact) mass is 509 g/mol. The van der Waals surface area contributed by atoms with Gasteiger partial charge in [0.2, 0.25) is 0 Å². The fourth-order valence-electron chi connectivity index (χ4n) is 5.05. The first-order valence-corrected chi connectivity index (χ1v) is 13.3. The van der Waals surface area contributed by atoms with Crippen molar-refractivity contribution >= 4 is 28.8 Å². The quantitative estimate of drug-likeness (QED) is 0.353. The van der Waals surface area contributed by atoms with Gasteiger partial charge in [0.05, 0.1) is 34.7 Å². The number of rotatable bonds is 6. The molecule has 2 aromatic heterocycles. The molecule has 8 heteroatoms. The molecule has 37 heavy (non-hydrogen) atoms. The van der Waals surface area contributed by atoms with Crippen LogP contribution in [0.1, 0.15) is 37.1 Å². The molecule has 6 rings (SSSR count). The molecule has 1 saturated heterocycles. The highest BCUT2D eigenvalue weighted by molar-refractivity contribution is 7.10. The fourth-order valence-corrected chi connectivity index (χ4v) is 5.84. The van der Waals surface area contributed by atoms with Crippen molar-refractivity contribution in [2.45, 2.75) is 20.0 Å². The second kappa shape index (κ2) is 9.88. The molecule has 0 bridgehead atoms. The molecule has 1 fully saturated rings. The summed E-state index contributed by atoms with van der Waals surface area (Å²) < 4.78 is 0. The Morgan fingerprint density at radius 3 is 2.38 bits per heavy atom. The first-order valence-electron chi connectivity index (χ1n) is 12.5. The lowest BCUT2D eigenvalue weighted by molar-refractivity contribution is 0.0642. The summed E-state index contributed by atoms with van der Waals surface area (Å²) in [6.45, 7) is 6.31. The molecule has 2 aromatic carbocycles. The van der Waals surface area contributed by atoms with Gasteiger partial charge in [-0.05, 0) is 31.2 Å². The van der Waals surface area contributed by atoms with Gasteiger partial charge < -0.3 is 4.90 Å². The van der Waals surface area contributed by atoms with Crippen LogP contribution in [0.3, 0.4) is 0 Å². The van der Waals surface area contributed by atoms with E-state index in [1.165, 1.54) is 16.2 Å². The average molecular weight is 510 g/mol. The molecular weight excluding hydrogens is 482 g/mol. The number of piperazine rings is 1. The zero-order valence-electron chi connectivity index (χ0n) is 20.6. The number of anilines is 1. The van der Waals surface area contributed by atoms with Gasteiger partial charge in [-0.15, -0.1) is 11.3 Å². The Labute approximate surface area is 220 Å². The second-order valence-electron chi connectivity index (χ2n) is 9.42. The van der Waals surface area contributed by atoms with Crippen molar-refractivity contribution in [2.24, 2.45) is 0 Å². The number of hydrogen-bond donors (Lipinski definition) is 0. The van der Waals surface area contributed by atoms with Crippen LogP contribution < -0.4 is 4.90 Å². The van der Waals surface area contributed by atoms with Crippen LogP contribution in [-0.2, 0) is 13.1 Å². The summed E-state index contributed by atoms with van der Waals surface area (Å²) in [5, 5.41) is 2.72. The first kappa shape index (κ1) is 23.5. The number of hydrogen-bond acceptors (Lipinski definition) is 7. The van der Waals surface area contributed by atoms with Gasteiger partial charge >= 0.3 is 0 Å². The molecule has 4 heterocycles. The van der Waals surface area contributed by atoms with Gasteiger partial charge in [-0.1, -0.05) is 42.5 Å². The maximum atomic E-state index is 13.5. The molecule has 0 unspecified atom stereocenters. The van der Waals surface area contributed by atoms with E-state index < -0.39 is 0 Å². The molecule has 7 nitrogen and oxygen atoms in total. The molecule has 2 amide bonds. The van der Waals surface area contributed by atoms with Gasteiger partial charge in [-0.25, -0.2) is 4.98 Å². The number of fused-ring (bicyclic) bond motifs is 1. The van der Waals surface area contributed by atoms with Crippen LogP contribution in [0.4, 0.5) is 5.69 Å². The zero-order valence-corrected chi connectivity index (χ0v) is 21.4. The standard InChI is InChI=1S/C29H27N5O2S/c1-20-7-5-10-22(30-20)17-32-13-15-33(16-14-32)25-12-6-11-23-27(25)29(36)34(28(23)35)18-26-31-24(19-37-26)21-8-3-2-4-9-21/h2-12,19H,13-18H2,1H3. The Kier molecular flexibility index (Phi) is 6.28. The third-order valence-electron chi connectivity index (χ3n) is 6.94. The molecule has 2 aliphatic heterocycles. The lowest BCUT2D eigenvalue weighted by Crippen LogP contribution is -2.46. The number of aryl methyl sites for hydroxylation is 1. The SMILES string of the molecule is Cc1cccc(CN2CCN(c3cccc4c3C(=O)N(Cc3nc(-c5ccccc5)cs3)C4=O)CC2)n1. The van der Waals surface area contributed by atoms with Crippen molar-refractivity contribution < 1.29 is 9.59 Å². The number of aromatic nitrogens is 2. The summed E-state index contributed by atoms with van der Waals surface area (Å²) in [5.74, 6) is -0.485. The van der Waals surface area contributed by atoms with Gasteiger partial charge in [0.1, 0.15) is 5.01 Å². The lowest BCUT2D eigenvalue weighted by atomic mass is 10.1. The minimum absolute atomic E-state index is 0.181. The Balaban J connectivity index is 1.16. The van der Waals surface area contributed by atoms with Crippen molar-refractivity contribution in [3.05, 3.63) is 99.6 Å². The average Bonchev–Trinajstić information content (AvgIpc) is 3.49. The summed E-state index contributed by atoms with van der Waals surface area (Å²) in [6, 6.07) is 21.6. The highest BCUT2D eigenvalue weighted by Gasteiger charge is 2.39. The number of benzene rings is 2. The third kappa shape index (κ3) is 4.65. The summed E-state index contributed by atoms with van der Waals surface area (Å²) >= 11 is 1.47. The maximum Gasteiger partial charge on any atom is 0.264 e. The highest BCUT2D eigenvalue weighted by atomic mass is 32.1. The van der Waals surface area contributed by atoms with E-state index in [1.54, 1.807) is 6.07 Å². The number of amides is 2. The molecule has 0 spiro atoms. The van der Waals surface area contributed by atoms with Crippen LogP contribution in [0.25, 0.3) is 11.3 Å². The summed E-state index contributed by atoms with van der Waals surface area (Å²) in [5.41, 5.74) is 5.81. The topological polar surface area (TPSA) is 69.6 Å². The third-order valence-corrected chi connectivity index (χ3v) is 7.77. The predicted molar refractivity (Wildman–Crippen MR) is 145 cm³/mol. The lowest BCUT2D eigenvalue weighted by Gasteiger charge is -2.36. The van der Waals surface area contributed by atoms with Gasteiger partial charge in [-0.2, -0.15) is 0 Å². The van der Waals surface area contributed by atoms with Crippen molar-refractivity contribution in [1.29, 1.82) is 0 Å². The minimum Gasteiger partial charge on any atom is -0.368 e. The molecule has 186 valence electrons. The Morgan fingerprint density at radius 1 is 0.811 bits per heavy atom. The van der Waals surface area contributed by atoms with Crippen LogP contribution in [0.5, 0.6) is 0 Å². The molecular formula is C29H27N5O2S. The molecule has 0 saturated carbocycles. The van der Waals surface area contributed by atoms with Gasteiger partial charge in [0.25, 0.3) is 11.8 Å². The predicted octanol–water partition coefficient (Wildman–Crippen LogP) is 4.63. The van der Waals surface area contributed by atoms with Crippen LogP contribution in [-0.4, -0.2) is 57.8 Å². The van der Waals surface area contributed by atoms with Crippen LogP contribution in [0, 0.1) is 6.92 Å². The van der Waals surface area contributed by atoms with E-state index in [1.807, 2.05) is 66.9 Å². The van der Waals surface area contributed by atoms with Crippen molar-refractivity contribution in [1.82, 2.24) is 19.8 Å². The van der Waals surface area contributed by atoms with E-state index >= 15 is 0 Å². The molecule has 0 radical (unpaired) electrons. The molecule has 0 aliphatic carbocycles. The highest BCUT2D eigenvalue weighted by Crippen LogP contribution is 2.34.